The molecule has 1 aliphatic carbocycles. The molecule has 5 rings (SSSR count). The third-order valence-corrected chi connectivity index (χ3v) is 6.90. The number of amides is 2. The molecule has 1 aromatic heterocycles. The summed E-state index contributed by atoms with van der Waals surface area (Å²) in [5.74, 6) is -0.116. The summed E-state index contributed by atoms with van der Waals surface area (Å²) in [4.78, 5) is 27.6. The van der Waals surface area contributed by atoms with Gasteiger partial charge < -0.3 is 10.1 Å². The standard InChI is InChI=1S/C27H30N4O3/c1-27(2)24(19-9-5-3-6-10-19)31(26(33)34-27)23-15-13-21(14-16-23)29-25(32)20-17-28-30(18-20)22-11-7-4-8-12-22/h3-12,17-18,21,23-24H,13-16H2,1-2H3,(H,29,32)/t21?,23?,24-/m0/s1. The average Bonchev–Trinajstić information content (AvgIpc) is 3.43. The van der Waals surface area contributed by atoms with Gasteiger partial charge in [-0.2, -0.15) is 5.10 Å². The summed E-state index contributed by atoms with van der Waals surface area (Å²) in [5, 5.41) is 7.48. The summed E-state index contributed by atoms with van der Waals surface area (Å²) in [6.45, 7) is 3.95. The Hall–Kier alpha value is -3.61. The number of cyclic esters (lactones) is 1. The predicted octanol–water partition coefficient (Wildman–Crippen LogP) is 4.89. The maximum atomic E-state index is 12.9. The number of ether oxygens (including phenoxy) is 1. The number of hydrogen-bond donors (Lipinski definition) is 1. The molecule has 2 heterocycles. The summed E-state index contributed by atoms with van der Waals surface area (Å²) in [6.07, 6.45) is 6.37. The Kier molecular flexibility index (Phi) is 5.86. The van der Waals surface area contributed by atoms with Gasteiger partial charge in [-0.15, -0.1) is 0 Å². The van der Waals surface area contributed by atoms with Gasteiger partial charge in [0.1, 0.15) is 5.60 Å². The first-order valence-electron chi connectivity index (χ1n) is 11.9. The van der Waals surface area contributed by atoms with Crippen molar-refractivity contribution < 1.29 is 14.3 Å². The van der Waals surface area contributed by atoms with Gasteiger partial charge in [0.15, 0.2) is 0 Å². The van der Waals surface area contributed by atoms with Crippen LogP contribution in [0.15, 0.2) is 73.1 Å². The van der Waals surface area contributed by atoms with Crippen LogP contribution in [0.4, 0.5) is 4.79 Å². The van der Waals surface area contributed by atoms with Crippen molar-refractivity contribution in [2.45, 2.75) is 63.3 Å². The van der Waals surface area contributed by atoms with Crippen LogP contribution >= 0.6 is 0 Å². The van der Waals surface area contributed by atoms with Crippen molar-refractivity contribution in [1.29, 1.82) is 0 Å². The fraction of sp³-hybridized carbons (Fsp3) is 0.370. The molecule has 2 fully saturated rings. The van der Waals surface area contributed by atoms with Gasteiger partial charge in [0.2, 0.25) is 0 Å². The van der Waals surface area contributed by atoms with Gasteiger partial charge >= 0.3 is 6.09 Å². The molecular formula is C27H30N4O3. The summed E-state index contributed by atoms with van der Waals surface area (Å²) < 4.78 is 7.48. The smallest absolute Gasteiger partial charge is 0.411 e. The fourth-order valence-electron chi connectivity index (χ4n) is 5.26. The molecule has 0 radical (unpaired) electrons. The molecule has 0 unspecified atom stereocenters. The molecule has 2 amide bonds. The van der Waals surface area contributed by atoms with Crippen molar-refractivity contribution in [1.82, 2.24) is 20.0 Å². The lowest BCUT2D eigenvalue weighted by molar-refractivity contribution is 0.0663. The van der Waals surface area contributed by atoms with Crippen LogP contribution in [0.25, 0.3) is 5.69 Å². The van der Waals surface area contributed by atoms with Crippen molar-refractivity contribution >= 4 is 12.0 Å². The Morgan fingerprint density at radius 2 is 1.65 bits per heavy atom. The van der Waals surface area contributed by atoms with Gasteiger partial charge in [-0.05, 0) is 57.2 Å². The van der Waals surface area contributed by atoms with E-state index >= 15 is 0 Å². The maximum absolute atomic E-state index is 12.9. The zero-order valence-electron chi connectivity index (χ0n) is 19.6. The quantitative estimate of drug-likeness (QED) is 0.591. The lowest BCUT2D eigenvalue weighted by Crippen LogP contribution is -2.46. The Labute approximate surface area is 199 Å². The number of hydrogen-bond acceptors (Lipinski definition) is 4. The van der Waals surface area contributed by atoms with E-state index in [-0.39, 0.29) is 30.1 Å². The molecule has 7 nitrogen and oxygen atoms in total. The third-order valence-electron chi connectivity index (χ3n) is 6.90. The van der Waals surface area contributed by atoms with Crippen LogP contribution in [0.2, 0.25) is 0 Å². The SMILES string of the molecule is CC1(C)OC(=O)N(C2CCC(NC(=O)c3cnn(-c4ccccc4)c3)CC2)[C@H]1c1ccccc1. The van der Waals surface area contributed by atoms with Crippen molar-refractivity contribution in [2.75, 3.05) is 0 Å². The van der Waals surface area contributed by atoms with Crippen LogP contribution < -0.4 is 5.32 Å². The number of nitrogens with zero attached hydrogens (tertiary/aromatic N) is 3. The molecule has 1 aliphatic heterocycles. The van der Waals surface area contributed by atoms with E-state index in [2.05, 4.69) is 22.5 Å². The fourth-order valence-corrected chi connectivity index (χ4v) is 5.26. The van der Waals surface area contributed by atoms with E-state index in [1.54, 1.807) is 17.1 Å². The van der Waals surface area contributed by atoms with Crippen LogP contribution in [-0.4, -0.2) is 44.4 Å². The Bertz CT molecular complexity index is 1150. The molecule has 2 aliphatic rings. The first kappa shape index (κ1) is 22.2. The van der Waals surface area contributed by atoms with Gasteiger partial charge in [-0.1, -0.05) is 48.5 Å². The van der Waals surface area contributed by atoms with E-state index in [1.807, 2.05) is 67.3 Å². The molecule has 34 heavy (non-hydrogen) atoms. The largest absolute Gasteiger partial charge is 0.441 e. The van der Waals surface area contributed by atoms with E-state index in [1.165, 1.54) is 0 Å². The minimum Gasteiger partial charge on any atom is -0.441 e. The van der Waals surface area contributed by atoms with Crippen LogP contribution in [0.5, 0.6) is 0 Å². The first-order valence-corrected chi connectivity index (χ1v) is 11.9. The molecule has 1 atom stereocenters. The number of nitrogens with one attached hydrogen (secondary N) is 1. The third kappa shape index (κ3) is 4.30. The summed E-state index contributed by atoms with van der Waals surface area (Å²) >= 11 is 0. The number of benzene rings is 2. The molecule has 7 heteroatoms. The first-order chi connectivity index (χ1) is 16.4. The van der Waals surface area contributed by atoms with Crippen molar-refractivity contribution in [3.63, 3.8) is 0 Å². The van der Waals surface area contributed by atoms with Gasteiger partial charge in [0.25, 0.3) is 5.91 Å². The second kappa shape index (κ2) is 8.97. The molecule has 1 N–H and O–H groups in total. The number of para-hydroxylation sites is 1. The zero-order valence-corrected chi connectivity index (χ0v) is 19.6. The number of aromatic nitrogens is 2. The number of carbonyl (C=O) groups is 2. The van der Waals surface area contributed by atoms with Crippen molar-refractivity contribution in [3.8, 4) is 5.69 Å². The minimum atomic E-state index is -0.595. The Morgan fingerprint density at radius 3 is 2.32 bits per heavy atom. The van der Waals surface area contributed by atoms with Gasteiger partial charge in [-0.3, -0.25) is 9.69 Å². The highest BCUT2D eigenvalue weighted by molar-refractivity contribution is 5.94. The average molecular weight is 459 g/mol. The second-order valence-corrected chi connectivity index (χ2v) is 9.68. The number of rotatable bonds is 5. The van der Waals surface area contributed by atoms with Gasteiger partial charge in [-0.25, -0.2) is 9.48 Å². The Morgan fingerprint density at radius 1 is 1.00 bits per heavy atom. The highest BCUT2D eigenvalue weighted by atomic mass is 16.6. The topological polar surface area (TPSA) is 76.5 Å². The second-order valence-electron chi connectivity index (χ2n) is 9.68. The number of carbonyl (C=O) groups excluding carboxylic acids is 2. The molecule has 2 aromatic carbocycles. The summed E-state index contributed by atoms with van der Waals surface area (Å²) in [5.41, 5.74) is 1.95. The van der Waals surface area contributed by atoms with E-state index in [0.29, 0.717) is 5.56 Å². The van der Waals surface area contributed by atoms with Gasteiger partial charge in [0.05, 0.1) is 23.5 Å². The maximum Gasteiger partial charge on any atom is 0.411 e. The molecule has 3 aromatic rings. The van der Waals surface area contributed by atoms with Crippen LogP contribution in [0, 0.1) is 0 Å². The van der Waals surface area contributed by atoms with E-state index in [4.69, 9.17) is 4.74 Å². The van der Waals surface area contributed by atoms with Crippen molar-refractivity contribution in [3.05, 3.63) is 84.2 Å². The summed E-state index contributed by atoms with van der Waals surface area (Å²) in [6, 6.07) is 19.9. The molecule has 1 saturated carbocycles. The van der Waals surface area contributed by atoms with Crippen molar-refractivity contribution in [2.24, 2.45) is 0 Å². The summed E-state index contributed by atoms with van der Waals surface area (Å²) in [7, 11) is 0. The van der Waals surface area contributed by atoms with E-state index in [9.17, 15) is 9.59 Å². The molecular weight excluding hydrogens is 428 g/mol. The van der Waals surface area contributed by atoms with Crippen LogP contribution in [-0.2, 0) is 4.74 Å². The zero-order chi connectivity index (χ0) is 23.7. The van der Waals surface area contributed by atoms with Crippen LogP contribution in [0.3, 0.4) is 0 Å². The van der Waals surface area contributed by atoms with Gasteiger partial charge in [0, 0.05) is 18.3 Å². The molecule has 0 bridgehead atoms. The predicted molar refractivity (Wildman–Crippen MR) is 129 cm³/mol. The monoisotopic (exact) mass is 458 g/mol. The van der Waals surface area contributed by atoms with E-state index < -0.39 is 5.60 Å². The lowest BCUT2D eigenvalue weighted by atomic mass is 9.86. The highest BCUT2D eigenvalue weighted by Crippen LogP contribution is 2.44. The minimum absolute atomic E-state index is 0.0747. The molecule has 176 valence electrons. The molecule has 1 saturated heterocycles. The normalized spacial score (nSPS) is 24.0. The Balaban J connectivity index is 1.22. The van der Waals surface area contributed by atoms with Crippen LogP contribution in [0.1, 0.15) is 61.5 Å². The highest BCUT2D eigenvalue weighted by Gasteiger charge is 2.51. The van der Waals surface area contributed by atoms with E-state index in [0.717, 1.165) is 36.9 Å². The molecule has 0 spiro atoms. The lowest BCUT2D eigenvalue weighted by Gasteiger charge is -2.38.